The van der Waals surface area contributed by atoms with Crippen molar-refractivity contribution in [3.63, 3.8) is 0 Å². The molecule has 3 aromatic rings. The number of hydrogen-bond acceptors (Lipinski definition) is 5. The number of nitrogens with zero attached hydrogens (tertiary/aromatic N) is 3. The number of carbonyl (C=O) groups excluding carboxylic acids is 2. The third-order valence-corrected chi connectivity index (χ3v) is 3.61. The van der Waals surface area contributed by atoms with Gasteiger partial charge in [-0.25, -0.2) is 9.67 Å². The summed E-state index contributed by atoms with van der Waals surface area (Å²) < 4.78 is 1.10. The van der Waals surface area contributed by atoms with Crippen molar-refractivity contribution in [3.05, 3.63) is 82.9 Å². The van der Waals surface area contributed by atoms with Gasteiger partial charge in [-0.3, -0.25) is 14.4 Å². The molecule has 0 spiro atoms. The van der Waals surface area contributed by atoms with E-state index in [9.17, 15) is 14.4 Å². The Morgan fingerprint density at radius 2 is 1.70 bits per heavy atom. The number of nitrogens with one attached hydrogen (secondary N) is 2. The number of amides is 2. The van der Waals surface area contributed by atoms with E-state index >= 15 is 0 Å². The number of aryl methyl sites for hydroxylation is 1. The molecule has 2 aromatic heterocycles. The predicted octanol–water partition coefficient (Wildman–Crippen LogP) is 1.92. The Morgan fingerprint density at radius 1 is 0.926 bits per heavy atom. The van der Waals surface area contributed by atoms with E-state index < -0.39 is 11.5 Å². The minimum atomic E-state index is -0.437. The molecule has 0 aliphatic rings. The Bertz CT molecular complexity index is 987. The van der Waals surface area contributed by atoms with E-state index in [0.29, 0.717) is 11.5 Å². The van der Waals surface area contributed by atoms with Crippen LogP contribution in [0, 0.1) is 0 Å². The van der Waals surface area contributed by atoms with Gasteiger partial charge in [0.25, 0.3) is 11.5 Å². The van der Waals surface area contributed by atoms with Gasteiger partial charge in [0.1, 0.15) is 11.5 Å². The van der Waals surface area contributed by atoms with Crippen LogP contribution in [0.25, 0.3) is 0 Å². The van der Waals surface area contributed by atoms with Crippen molar-refractivity contribution in [3.8, 4) is 0 Å². The molecule has 8 nitrogen and oxygen atoms in total. The first-order valence-electron chi connectivity index (χ1n) is 8.27. The molecule has 27 heavy (non-hydrogen) atoms. The van der Waals surface area contributed by atoms with Crippen molar-refractivity contribution in [2.75, 3.05) is 10.6 Å². The fourth-order valence-electron chi connectivity index (χ4n) is 2.30. The van der Waals surface area contributed by atoms with Crippen LogP contribution >= 0.6 is 0 Å². The molecular weight excluding hydrogens is 346 g/mol. The quantitative estimate of drug-likeness (QED) is 0.696. The lowest BCUT2D eigenvalue weighted by atomic mass is 10.3. The molecule has 0 aliphatic heterocycles. The van der Waals surface area contributed by atoms with E-state index in [0.717, 1.165) is 4.68 Å². The number of para-hydroxylation sites is 1. The Kier molecular flexibility index (Phi) is 5.68. The van der Waals surface area contributed by atoms with Crippen LogP contribution in [0.15, 0.2) is 71.7 Å². The zero-order valence-electron chi connectivity index (χ0n) is 14.3. The lowest BCUT2D eigenvalue weighted by Gasteiger charge is -2.08. The molecule has 3 rings (SSSR count). The fourth-order valence-corrected chi connectivity index (χ4v) is 2.30. The van der Waals surface area contributed by atoms with E-state index in [1.54, 1.807) is 48.7 Å². The van der Waals surface area contributed by atoms with E-state index in [-0.39, 0.29) is 24.6 Å². The Labute approximate surface area is 154 Å². The van der Waals surface area contributed by atoms with E-state index in [1.165, 1.54) is 12.1 Å². The summed E-state index contributed by atoms with van der Waals surface area (Å²) in [7, 11) is 0. The van der Waals surface area contributed by atoms with Crippen LogP contribution in [0.4, 0.5) is 11.5 Å². The van der Waals surface area contributed by atoms with Gasteiger partial charge in [-0.05, 0) is 30.3 Å². The highest BCUT2D eigenvalue weighted by molar-refractivity contribution is 6.02. The number of pyridine rings is 1. The number of rotatable bonds is 6. The van der Waals surface area contributed by atoms with Gasteiger partial charge in [-0.1, -0.05) is 24.3 Å². The second-order valence-electron chi connectivity index (χ2n) is 5.61. The molecule has 2 amide bonds. The van der Waals surface area contributed by atoms with Crippen LogP contribution in [0.3, 0.4) is 0 Å². The maximum Gasteiger partial charge on any atom is 0.276 e. The molecule has 0 saturated heterocycles. The van der Waals surface area contributed by atoms with Gasteiger partial charge < -0.3 is 10.6 Å². The first-order chi connectivity index (χ1) is 13.1. The minimum Gasteiger partial charge on any atom is -0.321 e. The number of benzene rings is 1. The first-order valence-corrected chi connectivity index (χ1v) is 8.27. The first kappa shape index (κ1) is 18.0. The summed E-state index contributed by atoms with van der Waals surface area (Å²) in [4.78, 5) is 40.2. The van der Waals surface area contributed by atoms with Crippen LogP contribution in [0.5, 0.6) is 0 Å². The molecule has 8 heteroatoms. The van der Waals surface area contributed by atoms with Gasteiger partial charge >= 0.3 is 0 Å². The minimum absolute atomic E-state index is 0.0211. The van der Waals surface area contributed by atoms with Crippen LogP contribution < -0.4 is 16.2 Å². The maximum atomic E-state index is 12.3. The van der Waals surface area contributed by atoms with Crippen molar-refractivity contribution >= 4 is 23.3 Å². The average molecular weight is 363 g/mol. The molecule has 0 atom stereocenters. The molecule has 2 heterocycles. The molecule has 0 bridgehead atoms. The van der Waals surface area contributed by atoms with Crippen molar-refractivity contribution in [1.29, 1.82) is 0 Å². The highest BCUT2D eigenvalue weighted by Crippen LogP contribution is 2.07. The summed E-state index contributed by atoms with van der Waals surface area (Å²) in [5.41, 5.74) is 0.317. The van der Waals surface area contributed by atoms with E-state index in [2.05, 4.69) is 20.7 Å². The second kappa shape index (κ2) is 8.52. The van der Waals surface area contributed by atoms with Gasteiger partial charge in [0, 0.05) is 24.4 Å². The van der Waals surface area contributed by atoms with Gasteiger partial charge in [0.2, 0.25) is 5.91 Å². The fraction of sp³-hybridized carbons (Fsp3) is 0.105. The zero-order valence-corrected chi connectivity index (χ0v) is 14.3. The second-order valence-corrected chi connectivity index (χ2v) is 5.61. The SMILES string of the molecule is O=C(CCn1nc(C(=O)Nc2ccccc2)ccc1=O)Nc1ccccn1. The summed E-state index contributed by atoms with van der Waals surface area (Å²) in [5, 5.41) is 9.37. The Hall–Kier alpha value is -3.81. The van der Waals surface area contributed by atoms with Crippen LogP contribution in [-0.4, -0.2) is 26.6 Å². The summed E-state index contributed by atoms with van der Waals surface area (Å²) in [5.74, 6) is -0.312. The topological polar surface area (TPSA) is 106 Å². The molecule has 1 aromatic carbocycles. The lowest BCUT2D eigenvalue weighted by Crippen LogP contribution is -2.28. The third kappa shape index (κ3) is 5.08. The highest BCUT2D eigenvalue weighted by atomic mass is 16.2. The number of hydrogen-bond donors (Lipinski definition) is 2. The van der Waals surface area contributed by atoms with Crippen molar-refractivity contribution in [2.45, 2.75) is 13.0 Å². The smallest absolute Gasteiger partial charge is 0.276 e. The Balaban J connectivity index is 1.64. The predicted molar refractivity (Wildman–Crippen MR) is 100 cm³/mol. The Morgan fingerprint density at radius 3 is 2.44 bits per heavy atom. The molecule has 136 valence electrons. The number of aromatic nitrogens is 3. The molecule has 0 radical (unpaired) electrons. The molecule has 0 unspecified atom stereocenters. The van der Waals surface area contributed by atoms with E-state index in [1.807, 2.05) is 6.07 Å². The zero-order chi connectivity index (χ0) is 19.1. The van der Waals surface area contributed by atoms with Crippen molar-refractivity contribution in [1.82, 2.24) is 14.8 Å². The molecule has 0 aliphatic carbocycles. The summed E-state index contributed by atoms with van der Waals surface area (Å²) in [6, 6.07) is 16.7. The van der Waals surface area contributed by atoms with Crippen LogP contribution in [-0.2, 0) is 11.3 Å². The highest BCUT2D eigenvalue weighted by Gasteiger charge is 2.11. The van der Waals surface area contributed by atoms with Crippen molar-refractivity contribution < 1.29 is 9.59 Å². The third-order valence-electron chi connectivity index (χ3n) is 3.61. The lowest BCUT2D eigenvalue weighted by molar-refractivity contribution is -0.116. The monoisotopic (exact) mass is 363 g/mol. The maximum absolute atomic E-state index is 12.3. The van der Waals surface area contributed by atoms with Crippen molar-refractivity contribution in [2.24, 2.45) is 0 Å². The molecule has 0 fully saturated rings. The molecule has 0 saturated carbocycles. The van der Waals surface area contributed by atoms with Gasteiger partial charge in [0.05, 0.1) is 6.54 Å². The summed E-state index contributed by atoms with van der Waals surface area (Å²) in [6.07, 6.45) is 1.59. The molecular formula is C19H17N5O3. The average Bonchev–Trinajstić information content (AvgIpc) is 2.69. The van der Waals surface area contributed by atoms with Gasteiger partial charge in [0.15, 0.2) is 0 Å². The van der Waals surface area contributed by atoms with Gasteiger partial charge in [-0.15, -0.1) is 0 Å². The summed E-state index contributed by atoms with van der Waals surface area (Å²) in [6.45, 7) is 0.0456. The number of carbonyl (C=O) groups is 2. The summed E-state index contributed by atoms with van der Waals surface area (Å²) >= 11 is 0. The van der Waals surface area contributed by atoms with Gasteiger partial charge in [-0.2, -0.15) is 5.10 Å². The normalized spacial score (nSPS) is 10.2. The standard InChI is InChI=1S/C19H17N5O3/c25-17(22-16-8-4-5-12-20-16)11-13-24-18(26)10-9-15(23-24)19(27)21-14-6-2-1-3-7-14/h1-10,12H,11,13H2,(H,21,27)(H,20,22,25). The van der Waals surface area contributed by atoms with Crippen LogP contribution in [0.1, 0.15) is 16.9 Å². The molecule has 2 N–H and O–H groups in total. The number of anilines is 2. The van der Waals surface area contributed by atoms with E-state index in [4.69, 9.17) is 0 Å². The van der Waals surface area contributed by atoms with Crippen LogP contribution in [0.2, 0.25) is 0 Å². The largest absolute Gasteiger partial charge is 0.321 e.